The molecule has 3 saturated heterocycles. The summed E-state index contributed by atoms with van der Waals surface area (Å²) in [5.74, 6) is -1.92. The van der Waals surface area contributed by atoms with E-state index in [0.717, 1.165) is 4.90 Å². The highest BCUT2D eigenvalue weighted by Crippen LogP contribution is 2.61. The Kier molecular flexibility index (Phi) is 2.76. The summed E-state index contributed by atoms with van der Waals surface area (Å²) < 4.78 is 5.93. The standard InChI is InChI=1S/C16H17ClN2O4/c1-15-6-10(20)16(2,23-15)12-11(15)13(21)19(14(12)22)7-3-4-8(17)9(18)5-7/h3-5,10-12,20H,6,18H2,1-2H3/t10-,11+,12-,15-,16+/m0/s1. The fraction of sp³-hybridized carbons (Fsp3) is 0.500. The van der Waals surface area contributed by atoms with E-state index in [4.69, 9.17) is 22.1 Å². The lowest BCUT2D eigenvalue weighted by Gasteiger charge is -2.31. The molecule has 3 heterocycles. The monoisotopic (exact) mass is 336 g/mol. The van der Waals surface area contributed by atoms with Crippen LogP contribution in [0.1, 0.15) is 20.3 Å². The summed E-state index contributed by atoms with van der Waals surface area (Å²) in [5, 5.41) is 10.7. The molecule has 1 aromatic rings. The van der Waals surface area contributed by atoms with Crippen molar-refractivity contribution in [2.24, 2.45) is 11.8 Å². The van der Waals surface area contributed by atoms with Crippen LogP contribution in [0, 0.1) is 11.8 Å². The van der Waals surface area contributed by atoms with Gasteiger partial charge in [0.05, 0.1) is 39.9 Å². The SMILES string of the molecule is C[C@@]12O[C@@](C)(C[C@@H]1O)[C@H]1C(=O)N(c3ccc(Cl)c(N)c3)C(=O)[C@H]12. The molecule has 1 aromatic carbocycles. The molecular weight excluding hydrogens is 320 g/mol. The Balaban J connectivity index is 1.80. The predicted molar refractivity (Wildman–Crippen MR) is 83.9 cm³/mol. The van der Waals surface area contributed by atoms with E-state index >= 15 is 0 Å². The van der Waals surface area contributed by atoms with E-state index in [1.807, 2.05) is 0 Å². The number of imide groups is 1. The van der Waals surface area contributed by atoms with Gasteiger partial charge in [0.15, 0.2) is 0 Å². The van der Waals surface area contributed by atoms with E-state index in [9.17, 15) is 14.7 Å². The van der Waals surface area contributed by atoms with Crippen LogP contribution in [0.25, 0.3) is 0 Å². The second kappa shape index (κ2) is 4.26. The Morgan fingerprint density at radius 3 is 2.61 bits per heavy atom. The molecule has 3 aliphatic heterocycles. The van der Waals surface area contributed by atoms with E-state index in [1.54, 1.807) is 26.0 Å². The molecule has 0 aromatic heterocycles. The highest BCUT2D eigenvalue weighted by molar-refractivity contribution is 6.33. The molecule has 4 rings (SSSR count). The molecule has 3 aliphatic rings. The molecular formula is C16H17ClN2O4. The van der Waals surface area contributed by atoms with Crippen LogP contribution in [0.2, 0.25) is 5.02 Å². The number of nitrogens with two attached hydrogens (primary N) is 1. The second-order valence-electron chi connectivity index (χ2n) is 6.99. The summed E-state index contributed by atoms with van der Waals surface area (Å²) in [6.45, 7) is 3.50. The molecule has 7 heteroatoms. The third kappa shape index (κ3) is 1.66. The smallest absolute Gasteiger partial charge is 0.240 e. The molecule has 0 aliphatic carbocycles. The average molecular weight is 337 g/mol. The van der Waals surface area contributed by atoms with Gasteiger partial charge in [-0.2, -0.15) is 0 Å². The first-order chi connectivity index (χ1) is 10.7. The number of anilines is 2. The van der Waals surface area contributed by atoms with Crippen molar-refractivity contribution in [1.82, 2.24) is 0 Å². The molecule has 3 fully saturated rings. The number of hydrogen-bond acceptors (Lipinski definition) is 5. The molecule has 2 amide bonds. The van der Waals surface area contributed by atoms with Crippen molar-refractivity contribution < 1.29 is 19.4 Å². The van der Waals surface area contributed by atoms with Gasteiger partial charge in [0, 0.05) is 6.42 Å². The number of carbonyl (C=O) groups is 2. The fourth-order valence-corrected chi connectivity index (χ4v) is 4.56. The molecule has 6 nitrogen and oxygen atoms in total. The number of nitrogens with zero attached hydrogens (tertiary/aromatic N) is 1. The van der Waals surface area contributed by atoms with Crippen molar-refractivity contribution in [2.45, 2.75) is 37.6 Å². The van der Waals surface area contributed by atoms with Gasteiger partial charge in [0.25, 0.3) is 0 Å². The van der Waals surface area contributed by atoms with E-state index in [2.05, 4.69) is 0 Å². The highest BCUT2D eigenvalue weighted by atomic mass is 35.5. The van der Waals surface area contributed by atoms with Gasteiger partial charge in [0.2, 0.25) is 11.8 Å². The number of benzene rings is 1. The maximum absolute atomic E-state index is 12.9. The average Bonchev–Trinajstić information content (AvgIpc) is 2.96. The van der Waals surface area contributed by atoms with Crippen molar-refractivity contribution in [2.75, 3.05) is 10.6 Å². The lowest BCUT2D eigenvalue weighted by Crippen LogP contribution is -2.49. The number of aliphatic hydroxyl groups excluding tert-OH is 1. The Morgan fingerprint density at radius 1 is 1.30 bits per heavy atom. The van der Waals surface area contributed by atoms with E-state index < -0.39 is 29.1 Å². The molecule has 5 atom stereocenters. The van der Waals surface area contributed by atoms with Crippen LogP contribution < -0.4 is 10.6 Å². The van der Waals surface area contributed by atoms with Gasteiger partial charge in [-0.1, -0.05) is 11.6 Å². The quantitative estimate of drug-likeness (QED) is 0.596. The molecule has 0 unspecified atom stereocenters. The van der Waals surface area contributed by atoms with Crippen LogP contribution >= 0.6 is 11.6 Å². The van der Waals surface area contributed by atoms with Crippen molar-refractivity contribution in [3.63, 3.8) is 0 Å². The lowest BCUT2D eigenvalue weighted by atomic mass is 9.67. The van der Waals surface area contributed by atoms with E-state index in [-0.39, 0.29) is 11.8 Å². The normalized spacial score (nSPS) is 41.7. The summed E-state index contributed by atoms with van der Waals surface area (Å²) in [6, 6.07) is 4.67. The zero-order chi connectivity index (χ0) is 16.7. The Labute approximate surface area is 138 Å². The third-order valence-corrected chi connectivity index (χ3v) is 5.88. The van der Waals surface area contributed by atoms with E-state index in [0.29, 0.717) is 22.8 Å². The van der Waals surface area contributed by atoms with Crippen LogP contribution in [-0.4, -0.2) is 34.2 Å². The number of hydrogen-bond donors (Lipinski definition) is 2. The number of halogens is 1. The minimum Gasteiger partial charge on any atom is -0.397 e. The number of rotatable bonds is 1. The fourth-order valence-electron chi connectivity index (χ4n) is 4.45. The lowest BCUT2D eigenvalue weighted by molar-refractivity contribution is -0.132. The van der Waals surface area contributed by atoms with Crippen molar-refractivity contribution in [3.8, 4) is 0 Å². The Hall–Kier alpha value is -1.63. The zero-order valence-corrected chi connectivity index (χ0v) is 13.5. The van der Waals surface area contributed by atoms with Crippen LogP contribution in [0.3, 0.4) is 0 Å². The molecule has 0 spiro atoms. The van der Waals surface area contributed by atoms with Crippen molar-refractivity contribution in [3.05, 3.63) is 23.2 Å². The number of carbonyl (C=O) groups excluding carboxylic acids is 2. The van der Waals surface area contributed by atoms with E-state index in [1.165, 1.54) is 6.07 Å². The summed E-state index contributed by atoms with van der Waals surface area (Å²) in [5.41, 5.74) is 4.64. The molecule has 2 bridgehead atoms. The van der Waals surface area contributed by atoms with Gasteiger partial charge in [-0.3, -0.25) is 9.59 Å². The molecule has 3 N–H and O–H groups in total. The van der Waals surface area contributed by atoms with Gasteiger partial charge < -0.3 is 15.6 Å². The third-order valence-electron chi connectivity index (χ3n) is 5.53. The highest BCUT2D eigenvalue weighted by Gasteiger charge is 2.75. The molecule has 122 valence electrons. The molecule has 0 saturated carbocycles. The van der Waals surface area contributed by atoms with Gasteiger partial charge in [-0.25, -0.2) is 4.90 Å². The summed E-state index contributed by atoms with van der Waals surface area (Å²) in [7, 11) is 0. The Morgan fingerprint density at radius 2 is 1.96 bits per heavy atom. The maximum atomic E-state index is 12.9. The van der Waals surface area contributed by atoms with Gasteiger partial charge >= 0.3 is 0 Å². The number of nitrogen functional groups attached to an aromatic ring is 1. The zero-order valence-electron chi connectivity index (χ0n) is 12.7. The number of aliphatic hydroxyl groups is 1. The largest absolute Gasteiger partial charge is 0.397 e. The van der Waals surface area contributed by atoms with Gasteiger partial charge in [-0.15, -0.1) is 0 Å². The molecule has 23 heavy (non-hydrogen) atoms. The maximum Gasteiger partial charge on any atom is 0.240 e. The van der Waals surface area contributed by atoms with Crippen molar-refractivity contribution >= 4 is 34.8 Å². The summed E-state index contributed by atoms with van der Waals surface area (Å²) in [6.07, 6.45) is -0.416. The number of fused-ring (bicyclic) bond motifs is 5. The number of amides is 2. The van der Waals surface area contributed by atoms with Crippen LogP contribution in [-0.2, 0) is 14.3 Å². The summed E-state index contributed by atoms with van der Waals surface area (Å²) in [4.78, 5) is 27.0. The summed E-state index contributed by atoms with van der Waals surface area (Å²) >= 11 is 5.91. The van der Waals surface area contributed by atoms with Crippen molar-refractivity contribution in [1.29, 1.82) is 0 Å². The minimum atomic E-state index is -1.03. The Bertz CT molecular complexity index is 754. The first-order valence-electron chi connectivity index (χ1n) is 7.50. The van der Waals surface area contributed by atoms with Gasteiger partial charge in [-0.05, 0) is 32.0 Å². The number of ether oxygens (including phenoxy) is 1. The van der Waals surface area contributed by atoms with Gasteiger partial charge in [0.1, 0.15) is 5.60 Å². The molecule has 0 radical (unpaired) electrons. The van der Waals surface area contributed by atoms with Crippen LogP contribution in [0.5, 0.6) is 0 Å². The first-order valence-corrected chi connectivity index (χ1v) is 7.88. The second-order valence-corrected chi connectivity index (χ2v) is 7.40. The minimum absolute atomic E-state index is 0.304. The van der Waals surface area contributed by atoms with Crippen LogP contribution in [0.15, 0.2) is 18.2 Å². The first kappa shape index (κ1) is 14.9. The van der Waals surface area contributed by atoms with Crippen LogP contribution in [0.4, 0.5) is 11.4 Å². The predicted octanol–water partition coefficient (Wildman–Crippen LogP) is 1.34. The topological polar surface area (TPSA) is 92.9 Å².